The number of hydrogen-bond donors (Lipinski definition) is 1. The Morgan fingerprint density at radius 3 is 2.12 bits per heavy atom. The summed E-state index contributed by atoms with van der Waals surface area (Å²) < 4.78 is 64.2. The molecule has 1 nitrogen and oxygen atoms in total. The summed E-state index contributed by atoms with van der Waals surface area (Å²) >= 11 is 9.08. The quantitative estimate of drug-likeness (QED) is 0.631. The zero-order valence-electron chi connectivity index (χ0n) is 7.36. The fourth-order valence-corrected chi connectivity index (χ4v) is 1.32. The molecule has 0 radical (unpaired) electrons. The van der Waals surface area contributed by atoms with Crippen molar-refractivity contribution in [3.8, 4) is 5.75 Å². The van der Waals surface area contributed by atoms with Gasteiger partial charge in [-0.2, -0.15) is 22.0 Å². The van der Waals surface area contributed by atoms with E-state index in [1.165, 1.54) is 12.1 Å². The summed E-state index contributed by atoms with van der Waals surface area (Å²) in [4.78, 5) is -0.212. The van der Waals surface area contributed by atoms with Crippen LogP contribution in [0.1, 0.15) is 0 Å². The molecule has 90 valence electrons. The van der Waals surface area contributed by atoms with Crippen LogP contribution in [0, 0.1) is 0 Å². The van der Waals surface area contributed by atoms with Gasteiger partial charge in [-0.15, -0.1) is 12.6 Å². The zero-order valence-corrected chi connectivity index (χ0v) is 9.01. The van der Waals surface area contributed by atoms with Gasteiger partial charge in [0, 0.05) is 4.90 Å². The Balaban J connectivity index is 3.06. The summed E-state index contributed by atoms with van der Waals surface area (Å²) in [6.45, 7) is 0. The number of halogens is 6. The van der Waals surface area contributed by atoms with Crippen molar-refractivity contribution in [2.75, 3.05) is 0 Å². The van der Waals surface area contributed by atoms with Crippen molar-refractivity contribution in [1.29, 1.82) is 0 Å². The molecule has 0 aliphatic carbocycles. The minimum atomic E-state index is -5.81. The first-order valence-corrected chi connectivity index (χ1v) is 4.58. The van der Waals surface area contributed by atoms with Gasteiger partial charge in [0.05, 0.1) is 5.02 Å². The first-order chi connectivity index (χ1) is 7.15. The van der Waals surface area contributed by atoms with Gasteiger partial charge in [0.1, 0.15) is 0 Å². The second-order valence-corrected chi connectivity index (χ2v) is 3.59. The maximum absolute atomic E-state index is 12.5. The van der Waals surface area contributed by atoms with Crippen molar-refractivity contribution in [2.24, 2.45) is 0 Å². The molecular formula is C8H4ClF5OS. The first-order valence-electron chi connectivity index (χ1n) is 3.76. The van der Waals surface area contributed by atoms with Crippen LogP contribution >= 0.6 is 24.2 Å². The summed E-state index contributed by atoms with van der Waals surface area (Å²) in [5.41, 5.74) is 0. The van der Waals surface area contributed by atoms with Crippen molar-refractivity contribution in [3.05, 3.63) is 23.2 Å². The van der Waals surface area contributed by atoms with Crippen LogP contribution in [0.3, 0.4) is 0 Å². The highest BCUT2D eigenvalue weighted by atomic mass is 35.5. The van der Waals surface area contributed by atoms with Crippen molar-refractivity contribution < 1.29 is 26.7 Å². The van der Waals surface area contributed by atoms with Gasteiger partial charge in [0.2, 0.25) is 0 Å². The third kappa shape index (κ3) is 2.70. The fraction of sp³-hybridized carbons (Fsp3) is 0.250. The number of thiol groups is 1. The lowest BCUT2D eigenvalue weighted by molar-refractivity contribution is -0.361. The molecular weight excluding hydrogens is 275 g/mol. The van der Waals surface area contributed by atoms with E-state index in [0.717, 1.165) is 6.07 Å². The van der Waals surface area contributed by atoms with Crippen LogP contribution in [0.2, 0.25) is 5.02 Å². The Bertz CT molecular complexity index is 372. The Morgan fingerprint density at radius 1 is 1.12 bits per heavy atom. The molecule has 0 heterocycles. The highest BCUT2D eigenvalue weighted by molar-refractivity contribution is 7.80. The van der Waals surface area contributed by atoms with Gasteiger partial charge in [0.25, 0.3) is 0 Å². The normalized spacial score (nSPS) is 12.7. The summed E-state index contributed by atoms with van der Waals surface area (Å²) in [6.07, 6.45) is -11.1. The smallest absolute Gasteiger partial charge is 0.423 e. The van der Waals surface area contributed by atoms with Gasteiger partial charge in [-0.3, -0.25) is 0 Å². The topological polar surface area (TPSA) is 9.23 Å². The van der Waals surface area contributed by atoms with E-state index in [4.69, 9.17) is 11.6 Å². The summed E-state index contributed by atoms with van der Waals surface area (Å²) in [7, 11) is 0. The number of benzene rings is 1. The number of alkyl halides is 5. The summed E-state index contributed by atoms with van der Waals surface area (Å²) in [5.74, 6) is -0.810. The highest BCUT2D eigenvalue weighted by Gasteiger charge is 2.61. The van der Waals surface area contributed by atoms with Crippen LogP contribution < -0.4 is 4.74 Å². The highest BCUT2D eigenvalue weighted by Crippen LogP contribution is 2.41. The Labute approximate surface area is 97.6 Å². The second kappa shape index (κ2) is 4.29. The largest absolute Gasteiger partial charge is 0.499 e. The van der Waals surface area contributed by atoms with E-state index in [-0.39, 0.29) is 9.92 Å². The Hall–Kier alpha value is -0.690. The second-order valence-electron chi connectivity index (χ2n) is 2.70. The van der Waals surface area contributed by atoms with E-state index in [2.05, 4.69) is 17.4 Å². The lowest BCUT2D eigenvalue weighted by Gasteiger charge is -2.21. The van der Waals surface area contributed by atoms with Crippen LogP contribution in [0.5, 0.6) is 5.75 Å². The number of ether oxygens (including phenoxy) is 1. The lowest BCUT2D eigenvalue weighted by Crippen LogP contribution is -2.42. The predicted molar refractivity (Wildman–Crippen MR) is 50.3 cm³/mol. The summed E-state index contributed by atoms with van der Waals surface area (Å²) in [6, 6.07) is 3.63. The van der Waals surface area contributed by atoms with Crippen LogP contribution in [0.15, 0.2) is 23.1 Å². The van der Waals surface area contributed by atoms with Gasteiger partial charge in [0.15, 0.2) is 5.75 Å². The molecule has 0 saturated carbocycles. The summed E-state index contributed by atoms with van der Waals surface area (Å²) in [5, 5.41) is -0.378. The molecule has 0 saturated heterocycles. The fourth-order valence-electron chi connectivity index (χ4n) is 0.785. The minimum absolute atomic E-state index is 0.212. The molecule has 0 amide bonds. The van der Waals surface area contributed by atoms with E-state index in [9.17, 15) is 22.0 Å². The molecule has 16 heavy (non-hydrogen) atoms. The van der Waals surface area contributed by atoms with Crippen LogP contribution in [-0.4, -0.2) is 12.3 Å². The average Bonchev–Trinajstić information content (AvgIpc) is 2.10. The molecule has 0 N–H and O–H groups in total. The van der Waals surface area contributed by atoms with Crippen LogP contribution in [0.25, 0.3) is 0 Å². The maximum Gasteiger partial charge on any atom is 0.499 e. The van der Waals surface area contributed by atoms with Crippen LogP contribution in [0.4, 0.5) is 22.0 Å². The van der Waals surface area contributed by atoms with E-state index >= 15 is 0 Å². The Kier molecular flexibility index (Phi) is 3.59. The number of rotatable bonds is 2. The molecule has 0 aliphatic heterocycles. The SMILES string of the molecule is FC(F)(F)C(F)(F)Oc1c(S)cccc1Cl. The van der Waals surface area contributed by atoms with Gasteiger partial charge < -0.3 is 4.74 Å². The molecule has 1 aromatic rings. The standard InChI is InChI=1S/C8H4ClF5OS/c9-4-2-1-3-5(16)6(4)15-8(13,14)7(10,11)12/h1-3,16H. The molecule has 1 rings (SSSR count). The van der Waals surface area contributed by atoms with Crippen molar-refractivity contribution in [3.63, 3.8) is 0 Å². The molecule has 0 unspecified atom stereocenters. The third-order valence-electron chi connectivity index (χ3n) is 1.51. The Morgan fingerprint density at radius 2 is 1.69 bits per heavy atom. The van der Waals surface area contributed by atoms with Crippen molar-refractivity contribution >= 4 is 24.2 Å². The van der Waals surface area contributed by atoms with E-state index in [1.54, 1.807) is 0 Å². The molecule has 0 aliphatic rings. The van der Waals surface area contributed by atoms with Crippen molar-refractivity contribution in [2.45, 2.75) is 17.2 Å². The van der Waals surface area contributed by atoms with Gasteiger partial charge in [-0.25, -0.2) is 0 Å². The number of para-hydroxylation sites is 1. The molecule has 0 aromatic heterocycles. The monoisotopic (exact) mass is 278 g/mol. The van der Waals surface area contributed by atoms with Gasteiger partial charge in [-0.1, -0.05) is 17.7 Å². The molecule has 8 heteroatoms. The minimum Gasteiger partial charge on any atom is -0.423 e. The van der Waals surface area contributed by atoms with Crippen molar-refractivity contribution in [1.82, 2.24) is 0 Å². The first kappa shape index (κ1) is 13.4. The molecule has 0 bridgehead atoms. The van der Waals surface area contributed by atoms with Gasteiger partial charge in [-0.05, 0) is 12.1 Å². The average molecular weight is 279 g/mol. The van der Waals surface area contributed by atoms with Crippen LogP contribution in [-0.2, 0) is 0 Å². The third-order valence-corrected chi connectivity index (χ3v) is 2.16. The zero-order chi connectivity index (χ0) is 12.6. The molecule has 0 spiro atoms. The molecule has 0 fully saturated rings. The molecule has 1 aromatic carbocycles. The number of hydrogen-bond acceptors (Lipinski definition) is 2. The van der Waals surface area contributed by atoms with E-state index in [0.29, 0.717) is 0 Å². The lowest BCUT2D eigenvalue weighted by atomic mass is 10.3. The molecule has 0 atom stereocenters. The van der Waals surface area contributed by atoms with Gasteiger partial charge >= 0.3 is 12.3 Å². The predicted octanol–water partition coefficient (Wildman–Crippen LogP) is 4.16. The van der Waals surface area contributed by atoms with E-state index < -0.39 is 18.0 Å². The maximum atomic E-state index is 12.5. The van der Waals surface area contributed by atoms with E-state index in [1.807, 2.05) is 0 Å².